The van der Waals surface area contributed by atoms with Crippen molar-refractivity contribution in [1.82, 2.24) is 19.8 Å². The molecule has 0 radical (unpaired) electrons. The molecule has 31 heavy (non-hydrogen) atoms. The average Bonchev–Trinajstić information content (AvgIpc) is 2.78. The zero-order valence-electron chi connectivity index (χ0n) is 18.7. The van der Waals surface area contributed by atoms with E-state index in [0.29, 0.717) is 25.9 Å². The predicted molar refractivity (Wildman–Crippen MR) is 120 cm³/mol. The summed E-state index contributed by atoms with van der Waals surface area (Å²) in [5, 5.41) is 0. The number of benzene rings is 1. The highest BCUT2D eigenvalue weighted by Gasteiger charge is 2.28. The Hall–Kier alpha value is -2.67. The van der Waals surface area contributed by atoms with Crippen molar-refractivity contribution in [2.24, 2.45) is 0 Å². The number of aromatic nitrogens is 2. The minimum atomic E-state index is -0.0247. The number of hydrogen-bond acceptors (Lipinski definition) is 5. The fraction of sp³-hybridized carbons (Fsp3) is 0.542. The molecule has 1 aromatic carbocycles. The number of hydrogen-bond donors (Lipinski definition) is 1. The van der Waals surface area contributed by atoms with E-state index in [9.17, 15) is 9.59 Å². The van der Waals surface area contributed by atoms with Crippen LogP contribution < -0.4 is 10.3 Å². The maximum atomic E-state index is 12.9. The summed E-state index contributed by atoms with van der Waals surface area (Å²) < 4.78 is 5.39. The molecule has 2 aliphatic rings. The standard InChI is InChI=1S/C24H32N4O3/c1-16-6-7-17(13-21(16)31-3)8-9-22(29)28-11-4-5-18(14-28)23-25-20-10-12-27(2)15-19(20)24(30)26-23/h6-7,13,18H,4-5,8-12,14-15H2,1-3H3,(H,25,26,30). The minimum absolute atomic E-state index is 0.0247. The minimum Gasteiger partial charge on any atom is -0.496 e. The van der Waals surface area contributed by atoms with Crippen molar-refractivity contribution in [3.8, 4) is 5.75 Å². The van der Waals surface area contributed by atoms with Crippen LogP contribution in [0.25, 0.3) is 0 Å². The topological polar surface area (TPSA) is 78.5 Å². The van der Waals surface area contributed by atoms with Crippen LogP contribution in [0.1, 0.15) is 53.4 Å². The van der Waals surface area contributed by atoms with Gasteiger partial charge in [-0.05, 0) is 50.4 Å². The number of fused-ring (bicyclic) bond motifs is 1. The lowest BCUT2D eigenvalue weighted by Gasteiger charge is -2.33. The first-order valence-corrected chi connectivity index (χ1v) is 11.2. The highest BCUT2D eigenvalue weighted by atomic mass is 16.5. The quantitative estimate of drug-likeness (QED) is 0.798. The Morgan fingerprint density at radius 1 is 1.32 bits per heavy atom. The van der Waals surface area contributed by atoms with Crippen molar-refractivity contribution in [2.45, 2.75) is 51.5 Å². The fourth-order valence-corrected chi connectivity index (χ4v) is 4.63. The fourth-order valence-electron chi connectivity index (χ4n) is 4.63. The molecule has 1 fully saturated rings. The number of piperidine rings is 1. The van der Waals surface area contributed by atoms with E-state index in [2.05, 4.69) is 16.0 Å². The van der Waals surface area contributed by atoms with Gasteiger partial charge < -0.3 is 19.5 Å². The van der Waals surface area contributed by atoms with Gasteiger partial charge in [0.25, 0.3) is 5.56 Å². The van der Waals surface area contributed by atoms with Crippen molar-refractivity contribution >= 4 is 5.91 Å². The number of aromatic amines is 1. The third kappa shape index (κ3) is 4.82. The number of nitrogens with one attached hydrogen (secondary N) is 1. The zero-order valence-corrected chi connectivity index (χ0v) is 18.7. The number of ether oxygens (including phenoxy) is 1. The van der Waals surface area contributed by atoms with Gasteiger partial charge in [0.2, 0.25) is 5.91 Å². The van der Waals surface area contributed by atoms with Crippen molar-refractivity contribution in [3.63, 3.8) is 0 Å². The molecule has 1 unspecified atom stereocenters. The highest BCUT2D eigenvalue weighted by molar-refractivity contribution is 5.76. The molecule has 4 rings (SSSR count). The van der Waals surface area contributed by atoms with Gasteiger partial charge in [-0.25, -0.2) is 4.98 Å². The maximum absolute atomic E-state index is 12.9. The number of likely N-dealkylation sites (N-methyl/N-ethyl adjacent to an activating group) is 1. The Kier molecular flexibility index (Phi) is 6.41. The molecule has 7 nitrogen and oxygen atoms in total. The normalized spacial score (nSPS) is 19.2. The number of likely N-dealkylation sites (tertiary alicyclic amines) is 1. The van der Waals surface area contributed by atoms with E-state index in [0.717, 1.165) is 66.3 Å². The highest BCUT2D eigenvalue weighted by Crippen LogP contribution is 2.26. The van der Waals surface area contributed by atoms with Crippen LogP contribution in [-0.2, 0) is 24.2 Å². The summed E-state index contributed by atoms with van der Waals surface area (Å²) in [5.41, 5.74) is 3.89. The molecule has 1 N–H and O–H groups in total. The molecule has 7 heteroatoms. The van der Waals surface area contributed by atoms with Gasteiger partial charge in [-0.3, -0.25) is 9.59 Å². The first-order valence-electron chi connectivity index (χ1n) is 11.2. The van der Waals surface area contributed by atoms with Crippen LogP contribution in [0.15, 0.2) is 23.0 Å². The third-order valence-corrected chi connectivity index (χ3v) is 6.54. The molecule has 0 saturated carbocycles. The van der Waals surface area contributed by atoms with Crippen molar-refractivity contribution < 1.29 is 9.53 Å². The van der Waals surface area contributed by atoms with Gasteiger partial charge in [0, 0.05) is 44.9 Å². The number of aryl methyl sites for hydroxylation is 2. The number of nitrogens with zero attached hydrogens (tertiary/aromatic N) is 3. The van der Waals surface area contributed by atoms with Gasteiger partial charge in [0.15, 0.2) is 0 Å². The Balaban J connectivity index is 1.41. The van der Waals surface area contributed by atoms with E-state index >= 15 is 0 Å². The van der Waals surface area contributed by atoms with Crippen molar-refractivity contribution in [3.05, 3.63) is 56.8 Å². The SMILES string of the molecule is COc1cc(CCC(=O)N2CCCC(c3nc4c(c(=O)[nH]3)CN(C)CC4)C2)ccc1C. The van der Waals surface area contributed by atoms with E-state index in [1.54, 1.807) is 7.11 Å². The van der Waals surface area contributed by atoms with E-state index in [-0.39, 0.29) is 17.4 Å². The van der Waals surface area contributed by atoms with Gasteiger partial charge >= 0.3 is 0 Å². The molecular formula is C24H32N4O3. The molecule has 1 atom stereocenters. The Morgan fingerprint density at radius 2 is 2.16 bits per heavy atom. The molecule has 0 aliphatic carbocycles. The molecule has 2 aliphatic heterocycles. The van der Waals surface area contributed by atoms with Gasteiger partial charge in [0.05, 0.1) is 18.4 Å². The van der Waals surface area contributed by atoms with Crippen LogP contribution in [0, 0.1) is 6.92 Å². The van der Waals surface area contributed by atoms with Crippen LogP contribution >= 0.6 is 0 Å². The number of rotatable bonds is 5. The molecule has 1 amide bonds. The predicted octanol–water partition coefficient (Wildman–Crippen LogP) is 2.41. The molecule has 1 aromatic heterocycles. The second-order valence-corrected chi connectivity index (χ2v) is 8.85. The Bertz CT molecular complexity index is 1020. The molecule has 2 aromatic rings. The molecule has 1 saturated heterocycles. The number of carbonyl (C=O) groups excluding carboxylic acids is 1. The molecular weight excluding hydrogens is 392 g/mol. The third-order valence-electron chi connectivity index (χ3n) is 6.54. The second-order valence-electron chi connectivity index (χ2n) is 8.85. The monoisotopic (exact) mass is 424 g/mol. The van der Waals surface area contributed by atoms with E-state index in [1.165, 1.54) is 0 Å². The summed E-state index contributed by atoms with van der Waals surface area (Å²) in [4.78, 5) is 37.4. The van der Waals surface area contributed by atoms with Crippen molar-refractivity contribution in [2.75, 3.05) is 33.8 Å². The molecule has 0 bridgehead atoms. The van der Waals surface area contributed by atoms with Gasteiger partial charge in [-0.2, -0.15) is 0 Å². The Labute approximate surface area is 183 Å². The zero-order chi connectivity index (χ0) is 22.0. The lowest BCUT2D eigenvalue weighted by atomic mass is 9.95. The summed E-state index contributed by atoms with van der Waals surface area (Å²) >= 11 is 0. The summed E-state index contributed by atoms with van der Waals surface area (Å²) in [6.45, 7) is 4.97. The largest absolute Gasteiger partial charge is 0.496 e. The van der Waals surface area contributed by atoms with Gasteiger partial charge in [-0.15, -0.1) is 0 Å². The van der Waals surface area contributed by atoms with E-state index in [1.807, 2.05) is 31.0 Å². The van der Waals surface area contributed by atoms with E-state index < -0.39 is 0 Å². The van der Waals surface area contributed by atoms with Crippen LogP contribution in [-0.4, -0.2) is 59.5 Å². The summed E-state index contributed by atoms with van der Waals surface area (Å²) in [5.74, 6) is 1.85. The summed E-state index contributed by atoms with van der Waals surface area (Å²) in [7, 11) is 3.69. The average molecular weight is 425 g/mol. The Morgan fingerprint density at radius 3 is 2.97 bits per heavy atom. The summed E-state index contributed by atoms with van der Waals surface area (Å²) in [6, 6.07) is 6.11. The smallest absolute Gasteiger partial charge is 0.255 e. The van der Waals surface area contributed by atoms with Gasteiger partial charge in [-0.1, -0.05) is 12.1 Å². The van der Waals surface area contributed by atoms with Crippen LogP contribution in [0.2, 0.25) is 0 Å². The number of carbonyl (C=O) groups is 1. The first-order chi connectivity index (χ1) is 14.9. The molecule has 3 heterocycles. The molecule has 0 spiro atoms. The van der Waals surface area contributed by atoms with Crippen molar-refractivity contribution in [1.29, 1.82) is 0 Å². The summed E-state index contributed by atoms with van der Waals surface area (Å²) in [6.07, 6.45) is 3.84. The lowest BCUT2D eigenvalue weighted by molar-refractivity contribution is -0.132. The van der Waals surface area contributed by atoms with Crippen LogP contribution in [0.4, 0.5) is 0 Å². The second kappa shape index (κ2) is 9.22. The maximum Gasteiger partial charge on any atom is 0.255 e. The van der Waals surface area contributed by atoms with Gasteiger partial charge in [0.1, 0.15) is 11.6 Å². The number of amides is 1. The lowest BCUT2D eigenvalue weighted by Crippen LogP contribution is -2.41. The first kappa shape index (κ1) is 21.6. The van der Waals surface area contributed by atoms with Crippen LogP contribution in [0.3, 0.4) is 0 Å². The van der Waals surface area contributed by atoms with E-state index in [4.69, 9.17) is 9.72 Å². The molecule has 166 valence electrons. The number of methoxy groups -OCH3 is 1. The number of H-pyrrole nitrogens is 1. The van der Waals surface area contributed by atoms with Crippen LogP contribution in [0.5, 0.6) is 5.75 Å².